The Labute approximate surface area is 175 Å². The summed E-state index contributed by atoms with van der Waals surface area (Å²) in [6.07, 6.45) is 7.18. The molecule has 1 unspecified atom stereocenters. The number of hydrogen-bond acceptors (Lipinski definition) is 6. The van der Waals surface area contributed by atoms with Crippen LogP contribution in [0.3, 0.4) is 0 Å². The Morgan fingerprint density at radius 2 is 1.70 bits per heavy atom. The van der Waals surface area contributed by atoms with Gasteiger partial charge in [-0.2, -0.15) is 0 Å². The lowest BCUT2D eigenvalue weighted by molar-refractivity contribution is -0.135. The van der Waals surface area contributed by atoms with Crippen LogP contribution in [0.1, 0.15) is 60.9 Å². The monoisotopic (exact) mass is 417 g/mol. The van der Waals surface area contributed by atoms with Gasteiger partial charge in [0.2, 0.25) is 0 Å². The van der Waals surface area contributed by atoms with Gasteiger partial charge in [0.05, 0.1) is 5.69 Å². The van der Waals surface area contributed by atoms with Crippen molar-refractivity contribution in [3.05, 3.63) is 59.7 Å². The molecule has 0 aromatic carbocycles. The van der Waals surface area contributed by atoms with E-state index >= 15 is 0 Å². The van der Waals surface area contributed by atoms with Gasteiger partial charge >= 0.3 is 5.97 Å². The van der Waals surface area contributed by atoms with E-state index in [4.69, 9.17) is 24.9 Å². The Bertz CT molecular complexity index is 809. The Hall–Kier alpha value is -3.33. The van der Waals surface area contributed by atoms with Crippen molar-refractivity contribution in [1.29, 1.82) is 0 Å². The zero-order chi connectivity index (χ0) is 22.5. The average Bonchev–Trinajstić information content (AvgIpc) is 2.68. The lowest BCUT2D eigenvalue weighted by Gasteiger charge is -2.35. The molecule has 0 spiro atoms. The van der Waals surface area contributed by atoms with Crippen LogP contribution in [0.25, 0.3) is 0 Å². The zero-order valence-electron chi connectivity index (χ0n) is 17.1. The maximum atomic E-state index is 11.0. The Kier molecular flexibility index (Phi) is 10.7. The van der Waals surface area contributed by atoms with Gasteiger partial charge in [-0.3, -0.25) is 19.5 Å². The Balaban J connectivity index is 0.000000485. The number of carbonyl (C=O) groups is 3. The number of carboxylic acids is 3. The first kappa shape index (κ1) is 24.7. The Morgan fingerprint density at radius 3 is 2.27 bits per heavy atom. The topological polar surface area (TPSA) is 141 Å². The minimum Gasteiger partial charge on any atom is -0.481 e. The van der Waals surface area contributed by atoms with Crippen LogP contribution >= 0.6 is 0 Å². The van der Waals surface area contributed by atoms with Gasteiger partial charge < -0.3 is 15.3 Å². The van der Waals surface area contributed by atoms with Crippen molar-refractivity contribution in [2.24, 2.45) is 0 Å². The summed E-state index contributed by atoms with van der Waals surface area (Å²) in [7, 11) is 0. The SMILES string of the molecule is CC(=O)O.CC(=O)O.O=C(O)c1cccc(CN2CCCCC2c2cccnc2)n1. The van der Waals surface area contributed by atoms with E-state index in [1.54, 1.807) is 12.3 Å². The summed E-state index contributed by atoms with van der Waals surface area (Å²) in [6, 6.07) is 9.58. The lowest BCUT2D eigenvalue weighted by atomic mass is 9.96. The first-order valence-corrected chi connectivity index (χ1v) is 9.43. The molecule has 1 aliphatic rings. The number of aliphatic carboxylic acids is 2. The molecule has 0 radical (unpaired) electrons. The minimum atomic E-state index is -0.982. The molecule has 30 heavy (non-hydrogen) atoms. The van der Waals surface area contributed by atoms with Crippen molar-refractivity contribution in [1.82, 2.24) is 14.9 Å². The van der Waals surface area contributed by atoms with Gasteiger partial charge in [0.25, 0.3) is 11.9 Å². The van der Waals surface area contributed by atoms with E-state index in [-0.39, 0.29) is 5.69 Å². The van der Waals surface area contributed by atoms with Crippen LogP contribution in [-0.2, 0) is 16.1 Å². The number of piperidine rings is 1. The standard InChI is InChI=1S/C17H19N3O2.2C2H4O2/c21-17(22)15-7-3-6-14(19-15)12-20-10-2-1-8-16(20)13-5-4-9-18-11-13;2*1-2(3)4/h3-7,9,11,16H,1-2,8,10,12H2,(H,21,22);2*1H3,(H,3,4). The minimum absolute atomic E-state index is 0.104. The van der Waals surface area contributed by atoms with Crippen molar-refractivity contribution in [3.63, 3.8) is 0 Å². The highest BCUT2D eigenvalue weighted by atomic mass is 16.4. The van der Waals surface area contributed by atoms with Gasteiger partial charge in [-0.25, -0.2) is 9.78 Å². The molecule has 1 fully saturated rings. The number of nitrogens with zero attached hydrogens (tertiary/aromatic N) is 3. The number of hydrogen-bond donors (Lipinski definition) is 3. The van der Waals surface area contributed by atoms with Crippen LogP contribution in [0, 0.1) is 0 Å². The molecule has 3 heterocycles. The maximum absolute atomic E-state index is 11.0. The lowest BCUT2D eigenvalue weighted by Crippen LogP contribution is -2.33. The van der Waals surface area contributed by atoms with Crippen molar-refractivity contribution in [2.45, 2.75) is 45.7 Å². The molecule has 0 amide bonds. The van der Waals surface area contributed by atoms with Crippen LogP contribution in [0.4, 0.5) is 0 Å². The number of likely N-dealkylation sites (tertiary alicyclic amines) is 1. The second-order valence-corrected chi connectivity index (χ2v) is 6.63. The molecule has 3 N–H and O–H groups in total. The highest BCUT2D eigenvalue weighted by Gasteiger charge is 2.24. The van der Waals surface area contributed by atoms with Crippen LogP contribution in [0.5, 0.6) is 0 Å². The highest BCUT2D eigenvalue weighted by Crippen LogP contribution is 2.31. The molecule has 1 saturated heterocycles. The van der Waals surface area contributed by atoms with Gasteiger partial charge in [0.15, 0.2) is 0 Å². The average molecular weight is 417 g/mol. The molecule has 9 nitrogen and oxygen atoms in total. The fourth-order valence-electron chi connectivity index (χ4n) is 3.03. The second kappa shape index (κ2) is 13.0. The second-order valence-electron chi connectivity index (χ2n) is 6.63. The van der Waals surface area contributed by atoms with Crippen LogP contribution in [0.2, 0.25) is 0 Å². The van der Waals surface area contributed by atoms with Crippen molar-refractivity contribution >= 4 is 17.9 Å². The predicted molar refractivity (Wildman–Crippen MR) is 109 cm³/mol. The molecular formula is C21H27N3O6. The fourth-order valence-corrected chi connectivity index (χ4v) is 3.03. The maximum Gasteiger partial charge on any atom is 0.354 e. The molecule has 2 aromatic heterocycles. The number of carboxylic acid groups (broad SMARTS) is 3. The molecule has 0 aliphatic carbocycles. The van der Waals surface area contributed by atoms with Crippen LogP contribution < -0.4 is 0 Å². The van der Waals surface area contributed by atoms with E-state index in [2.05, 4.69) is 20.9 Å². The first-order valence-electron chi connectivity index (χ1n) is 9.43. The number of aromatic nitrogens is 2. The molecule has 2 aromatic rings. The summed E-state index contributed by atoms with van der Waals surface area (Å²) >= 11 is 0. The number of rotatable bonds is 4. The quantitative estimate of drug-likeness (QED) is 0.684. The third kappa shape index (κ3) is 9.74. The van der Waals surface area contributed by atoms with E-state index < -0.39 is 17.9 Å². The van der Waals surface area contributed by atoms with Crippen molar-refractivity contribution < 1.29 is 29.7 Å². The number of aromatic carboxylic acids is 1. The van der Waals surface area contributed by atoms with E-state index in [1.807, 2.05) is 18.3 Å². The molecule has 0 bridgehead atoms. The van der Waals surface area contributed by atoms with E-state index in [0.717, 1.165) is 38.9 Å². The van der Waals surface area contributed by atoms with Crippen LogP contribution in [0.15, 0.2) is 42.7 Å². The summed E-state index contributed by atoms with van der Waals surface area (Å²) < 4.78 is 0. The van der Waals surface area contributed by atoms with E-state index in [9.17, 15) is 4.79 Å². The third-order valence-electron chi connectivity index (χ3n) is 4.07. The van der Waals surface area contributed by atoms with Crippen molar-refractivity contribution in [3.8, 4) is 0 Å². The Morgan fingerprint density at radius 1 is 1.03 bits per heavy atom. The van der Waals surface area contributed by atoms with Gasteiger partial charge in [-0.15, -0.1) is 0 Å². The summed E-state index contributed by atoms with van der Waals surface area (Å²) in [5, 5.41) is 23.9. The van der Waals surface area contributed by atoms with Crippen LogP contribution in [-0.4, -0.2) is 54.6 Å². The van der Waals surface area contributed by atoms with Gasteiger partial charge in [-0.1, -0.05) is 18.6 Å². The molecular weight excluding hydrogens is 390 g/mol. The fraction of sp³-hybridized carbons (Fsp3) is 0.381. The van der Waals surface area contributed by atoms with Gasteiger partial charge in [0.1, 0.15) is 5.69 Å². The molecule has 162 valence electrons. The molecule has 9 heteroatoms. The first-order chi connectivity index (χ1) is 14.2. The predicted octanol–water partition coefficient (Wildman–Crippen LogP) is 3.08. The zero-order valence-corrected chi connectivity index (χ0v) is 17.1. The van der Waals surface area contributed by atoms with Gasteiger partial charge in [-0.05, 0) is 43.1 Å². The normalized spacial score (nSPS) is 15.6. The smallest absolute Gasteiger partial charge is 0.354 e. The molecule has 0 saturated carbocycles. The summed E-state index contributed by atoms with van der Waals surface area (Å²) in [5.41, 5.74) is 2.12. The van der Waals surface area contributed by atoms with Crippen molar-refractivity contribution in [2.75, 3.05) is 6.54 Å². The summed E-state index contributed by atoms with van der Waals surface area (Å²) in [4.78, 5) is 39.9. The van der Waals surface area contributed by atoms with E-state index in [0.29, 0.717) is 12.6 Å². The largest absolute Gasteiger partial charge is 0.481 e. The molecule has 1 atom stereocenters. The highest BCUT2D eigenvalue weighted by molar-refractivity contribution is 5.85. The molecule has 1 aliphatic heterocycles. The molecule has 3 rings (SSSR count). The summed E-state index contributed by atoms with van der Waals surface area (Å²) in [5.74, 6) is -2.65. The summed E-state index contributed by atoms with van der Waals surface area (Å²) in [6.45, 7) is 3.83. The number of pyridine rings is 2. The van der Waals surface area contributed by atoms with E-state index in [1.165, 1.54) is 18.1 Å². The van der Waals surface area contributed by atoms with Gasteiger partial charge in [0, 0.05) is 38.8 Å². The third-order valence-corrected chi connectivity index (χ3v) is 4.07.